The maximum Gasteiger partial charge on any atom is 0.295 e. The Balaban J connectivity index is 1.17. The van der Waals surface area contributed by atoms with Crippen molar-refractivity contribution in [1.82, 2.24) is 29.9 Å². The summed E-state index contributed by atoms with van der Waals surface area (Å²) in [7, 11) is -9.85. The van der Waals surface area contributed by atoms with Gasteiger partial charge in [0.1, 0.15) is 9.79 Å². The summed E-state index contributed by atoms with van der Waals surface area (Å²) in [6, 6.07) is 25.1. The van der Waals surface area contributed by atoms with E-state index in [1.807, 2.05) is 70.5 Å². The highest BCUT2D eigenvalue weighted by molar-refractivity contribution is 7.86. The third-order valence-electron chi connectivity index (χ3n) is 9.58. The molecule has 4 heterocycles. The number of aromatic nitrogens is 6. The second-order valence-electron chi connectivity index (χ2n) is 13.8. The Morgan fingerprint density at radius 3 is 1.54 bits per heavy atom. The van der Waals surface area contributed by atoms with Crippen molar-refractivity contribution in [2.24, 2.45) is 0 Å². The summed E-state index contributed by atoms with van der Waals surface area (Å²) >= 11 is 0. The van der Waals surface area contributed by atoms with Crippen molar-refractivity contribution in [3.63, 3.8) is 0 Å². The molecule has 2 fully saturated rings. The number of para-hydroxylation sites is 2. The van der Waals surface area contributed by atoms with Crippen LogP contribution >= 0.6 is 0 Å². The van der Waals surface area contributed by atoms with E-state index >= 15 is 0 Å². The molecule has 0 saturated carbocycles. The number of hydrogen-bond donors (Lipinski definition) is 5. The maximum atomic E-state index is 12.9. The van der Waals surface area contributed by atoms with Gasteiger partial charge >= 0.3 is 0 Å². The lowest BCUT2D eigenvalue weighted by Crippen LogP contribution is -2.37. The van der Waals surface area contributed by atoms with Gasteiger partial charge in [0.25, 0.3) is 20.2 Å². The van der Waals surface area contributed by atoms with Crippen LogP contribution in [0.4, 0.5) is 40.9 Å². The molecule has 314 valence electrons. The maximum absolute atomic E-state index is 12.9. The lowest BCUT2D eigenvalue weighted by atomic mass is 10.1. The molecule has 2 aliphatic heterocycles. The smallest absolute Gasteiger partial charge is 0.295 e. The fourth-order valence-electron chi connectivity index (χ4n) is 6.59. The van der Waals surface area contributed by atoms with Gasteiger partial charge in [-0.1, -0.05) is 60.7 Å². The Bertz CT molecular complexity index is 2810. The molecular weight excluding hydrogens is 827 g/mol. The van der Waals surface area contributed by atoms with Gasteiger partial charge < -0.3 is 35.6 Å². The number of morpholine rings is 2. The van der Waals surface area contributed by atoms with Crippen LogP contribution in [0, 0.1) is 0 Å². The van der Waals surface area contributed by atoms with Gasteiger partial charge in [0.15, 0.2) is 11.6 Å². The van der Waals surface area contributed by atoms with Crippen LogP contribution in [0.25, 0.3) is 34.9 Å². The molecule has 0 aliphatic carbocycles. The Labute approximate surface area is 350 Å². The first kappa shape index (κ1) is 41.1. The molecule has 0 spiro atoms. The second kappa shape index (κ2) is 17.5. The zero-order chi connectivity index (χ0) is 42.6. The molecule has 21 heteroatoms. The summed E-state index contributed by atoms with van der Waals surface area (Å²) < 4.78 is 83.6. The minimum atomic E-state index is -4.95. The lowest BCUT2D eigenvalue weighted by Gasteiger charge is -2.27. The summed E-state index contributed by atoms with van der Waals surface area (Å²) in [6.07, 6.45) is 2.48. The van der Waals surface area contributed by atoms with Crippen LogP contribution in [0.5, 0.6) is 0 Å². The van der Waals surface area contributed by atoms with Crippen molar-refractivity contribution in [1.29, 1.82) is 0 Å². The van der Waals surface area contributed by atoms with E-state index in [1.54, 1.807) is 6.07 Å². The Morgan fingerprint density at radius 1 is 0.574 bits per heavy atom. The van der Waals surface area contributed by atoms with Crippen molar-refractivity contribution < 1.29 is 35.4 Å². The number of nitrogens with two attached hydrogens (primary N) is 1. The van der Waals surface area contributed by atoms with Gasteiger partial charge in [-0.25, -0.2) is 0 Å². The third-order valence-corrected chi connectivity index (χ3v) is 11.4. The molecule has 6 aromatic rings. The summed E-state index contributed by atoms with van der Waals surface area (Å²) in [5.41, 5.74) is 7.95. The molecule has 0 unspecified atom stereocenters. The Kier molecular flexibility index (Phi) is 11.8. The van der Waals surface area contributed by atoms with Gasteiger partial charge in [0, 0.05) is 59.9 Å². The largest absolute Gasteiger partial charge is 0.398 e. The number of nitrogen functional groups attached to an aromatic ring is 1. The van der Waals surface area contributed by atoms with Crippen LogP contribution in [0.2, 0.25) is 0 Å². The molecule has 19 nitrogen and oxygen atoms in total. The minimum Gasteiger partial charge on any atom is -0.398 e. The van der Waals surface area contributed by atoms with Crippen LogP contribution < -0.4 is 26.2 Å². The monoisotopic (exact) mass is 865 g/mol. The second-order valence-corrected chi connectivity index (χ2v) is 16.5. The van der Waals surface area contributed by atoms with Gasteiger partial charge in [-0.05, 0) is 48.0 Å². The van der Waals surface area contributed by atoms with E-state index in [-0.39, 0.29) is 51.5 Å². The first-order valence-corrected chi connectivity index (χ1v) is 21.8. The van der Waals surface area contributed by atoms with Crippen LogP contribution in [0.15, 0.2) is 101 Å². The standard InChI is InChI=1S/C40H39N11O8S2/c41-32-23-28(36-45-38(43-30-9-5-2-6-10-30)49-40(47-36)51-17-21-59-22-18-51)25-34(61(55,56)57)31(32)14-13-26-11-12-27(24-33(26)60(52,53)54)35-44-37(42-29-7-3-1-4-8-29)48-39(46-35)50-15-19-58-20-16-50/h1-14,23-25H,15-22,41H2,(H,52,53,54)(H,55,56,57)(H,42,44,46,48)(H,43,45,47,49). The highest BCUT2D eigenvalue weighted by Crippen LogP contribution is 2.33. The molecule has 0 amide bonds. The fourth-order valence-corrected chi connectivity index (χ4v) is 8.04. The normalized spacial score (nSPS) is 14.9. The van der Waals surface area contributed by atoms with E-state index in [0.29, 0.717) is 75.9 Å². The summed E-state index contributed by atoms with van der Waals surface area (Å²) in [5, 5.41) is 6.30. The van der Waals surface area contributed by atoms with Crippen molar-refractivity contribution in [2.45, 2.75) is 9.79 Å². The molecule has 2 saturated heterocycles. The lowest BCUT2D eigenvalue weighted by molar-refractivity contribution is 0.122. The van der Waals surface area contributed by atoms with Crippen LogP contribution in [0.3, 0.4) is 0 Å². The van der Waals surface area contributed by atoms with Crippen LogP contribution in [0.1, 0.15) is 11.1 Å². The SMILES string of the molecule is Nc1cc(-c2nc(Nc3ccccc3)nc(N3CCOCC3)n2)cc(S(=O)(=O)O)c1C=Cc1ccc(-c2nc(Nc3ccccc3)nc(N3CCOCC3)n2)cc1S(=O)(=O)O. The van der Waals surface area contributed by atoms with E-state index in [2.05, 4.69) is 40.5 Å². The fraction of sp³-hybridized carbons (Fsp3) is 0.200. The molecule has 8 rings (SSSR count). The van der Waals surface area contributed by atoms with E-state index in [1.165, 1.54) is 30.4 Å². The molecule has 2 aliphatic rings. The third kappa shape index (κ3) is 9.89. The van der Waals surface area contributed by atoms with Gasteiger partial charge in [-0.3, -0.25) is 9.11 Å². The number of rotatable bonds is 12. The molecule has 6 N–H and O–H groups in total. The summed E-state index contributed by atoms with van der Waals surface area (Å²) in [4.78, 5) is 30.2. The number of anilines is 7. The van der Waals surface area contributed by atoms with Gasteiger partial charge in [-0.15, -0.1) is 0 Å². The van der Waals surface area contributed by atoms with Gasteiger partial charge in [0.2, 0.25) is 23.8 Å². The van der Waals surface area contributed by atoms with E-state index in [9.17, 15) is 25.9 Å². The number of nitrogens with one attached hydrogen (secondary N) is 2. The van der Waals surface area contributed by atoms with Crippen molar-refractivity contribution in [3.8, 4) is 22.8 Å². The van der Waals surface area contributed by atoms with Crippen LogP contribution in [-0.2, 0) is 29.7 Å². The summed E-state index contributed by atoms with van der Waals surface area (Å²) in [5.74, 6) is 1.18. The first-order chi connectivity index (χ1) is 29.4. The first-order valence-electron chi connectivity index (χ1n) is 18.9. The van der Waals surface area contributed by atoms with Crippen molar-refractivity contribution in [3.05, 3.63) is 102 Å². The highest BCUT2D eigenvalue weighted by Gasteiger charge is 2.24. The zero-order valence-corrected chi connectivity index (χ0v) is 33.9. The number of benzene rings is 4. The highest BCUT2D eigenvalue weighted by atomic mass is 32.2. The van der Waals surface area contributed by atoms with E-state index in [0.717, 1.165) is 6.07 Å². The van der Waals surface area contributed by atoms with Crippen molar-refractivity contribution in [2.75, 3.05) is 78.8 Å². The molecule has 0 atom stereocenters. The number of ether oxygens (including phenoxy) is 2. The average molecular weight is 866 g/mol. The molecule has 0 radical (unpaired) electrons. The number of nitrogens with zero attached hydrogens (tertiary/aromatic N) is 8. The van der Waals surface area contributed by atoms with E-state index < -0.39 is 30.0 Å². The Hall–Kier alpha value is -6.62. The predicted molar refractivity (Wildman–Crippen MR) is 229 cm³/mol. The Morgan fingerprint density at radius 2 is 1.05 bits per heavy atom. The van der Waals surface area contributed by atoms with E-state index in [4.69, 9.17) is 15.2 Å². The van der Waals surface area contributed by atoms with Gasteiger partial charge in [0.05, 0.1) is 26.4 Å². The molecule has 2 aromatic heterocycles. The topological polar surface area (TPSA) is 261 Å². The molecule has 0 bridgehead atoms. The summed E-state index contributed by atoms with van der Waals surface area (Å²) in [6.45, 7) is 3.86. The van der Waals surface area contributed by atoms with Crippen molar-refractivity contribution >= 4 is 73.2 Å². The predicted octanol–water partition coefficient (Wildman–Crippen LogP) is 4.80. The minimum absolute atomic E-state index is 0.0367. The quantitative estimate of drug-likeness (QED) is 0.0629. The zero-order valence-electron chi connectivity index (χ0n) is 32.3. The average Bonchev–Trinajstić information content (AvgIpc) is 3.26. The molecule has 61 heavy (non-hydrogen) atoms. The van der Waals surface area contributed by atoms with Crippen LogP contribution in [-0.4, -0.2) is 108 Å². The molecular formula is C40H39N11O8S2. The number of hydrogen-bond acceptors (Lipinski definition) is 17. The van der Waals surface area contributed by atoms with Gasteiger partial charge in [-0.2, -0.15) is 46.7 Å². The molecule has 4 aromatic carbocycles.